The number of carbonyl (C=O) groups excluding carboxylic acids is 2. The van der Waals surface area contributed by atoms with Gasteiger partial charge in [0.15, 0.2) is 0 Å². The molecule has 0 radical (unpaired) electrons. The molecule has 1 atom stereocenters. The van der Waals surface area contributed by atoms with Crippen molar-refractivity contribution in [3.8, 4) is 0 Å². The zero-order valence-corrected chi connectivity index (χ0v) is 14.0. The fourth-order valence-electron chi connectivity index (χ4n) is 3.45. The molecule has 2 aliphatic rings. The van der Waals surface area contributed by atoms with Gasteiger partial charge in [0, 0.05) is 46.6 Å². The van der Waals surface area contributed by atoms with Gasteiger partial charge in [0.25, 0.3) is 0 Å². The van der Waals surface area contributed by atoms with Crippen molar-refractivity contribution in [2.45, 2.75) is 26.2 Å². The molecule has 2 amide bonds. The van der Waals surface area contributed by atoms with Crippen LogP contribution in [-0.2, 0) is 19.1 Å². The predicted molar refractivity (Wildman–Crippen MR) is 82.4 cm³/mol. The lowest BCUT2D eigenvalue weighted by molar-refractivity contribution is -0.142. The Hall–Kier alpha value is -1.14. The standard InChI is InChI=1S/C16H28N2O4/c1-13(19)18-7-4-16(5-8-18)6-9-21-10-14(16)11-22-12-15(20)17(2)3/h14H,4-12H2,1-3H3. The molecule has 0 aromatic heterocycles. The Morgan fingerprint density at radius 1 is 1.27 bits per heavy atom. The number of nitrogens with zero attached hydrogens (tertiary/aromatic N) is 2. The summed E-state index contributed by atoms with van der Waals surface area (Å²) < 4.78 is 11.3. The highest BCUT2D eigenvalue weighted by Crippen LogP contribution is 2.44. The van der Waals surface area contributed by atoms with Gasteiger partial charge in [-0.25, -0.2) is 0 Å². The molecular weight excluding hydrogens is 284 g/mol. The van der Waals surface area contributed by atoms with E-state index in [2.05, 4.69) is 0 Å². The number of ether oxygens (including phenoxy) is 2. The fraction of sp³-hybridized carbons (Fsp3) is 0.875. The van der Waals surface area contributed by atoms with Crippen LogP contribution in [0.1, 0.15) is 26.2 Å². The summed E-state index contributed by atoms with van der Waals surface area (Å²) in [5.74, 6) is 0.453. The third kappa shape index (κ3) is 3.98. The van der Waals surface area contributed by atoms with E-state index >= 15 is 0 Å². The molecule has 2 saturated heterocycles. The van der Waals surface area contributed by atoms with E-state index in [-0.39, 0.29) is 23.8 Å². The molecule has 2 fully saturated rings. The maximum absolute atomic E-state index is 11.6. The number of hydrogen-bond donors (Lipinski definition) is 0. The topological polar surface area (TPSA) is 59.1 Å². The third-order valence-electron chi connectivity index (χ3n) is 5.18. The molecule has 2 aliphatic heterocycles. The molecule has 0 aromatic carbocycles. The summed E-state index contributed by atoms with van der Waals surface area (Å²) in [6.07, 6.45) is 3.03. The van der Waals surface area contributed by atoms with Crippen LogP contribution in [0.2, 0.25) is 0 Å². The molecule has 0 aromatic rings. The quantitative estimate of drug-likeness (QED) is 0.769. The van der Waals surface area contributed by atoms with E-state index in [0.29, 0.717) is 19.1 Å². The molecule has 1 spiro atoms. The lowest BCUT2D eigenvalue weighted by atomic mass is 9.66. The zero-order chi connectivity index (χ0) is 16.2. The normalized spacial score (nSPS) is 24.3. The Kier molecular flexibility index (Phi) is 5.81. The van der Waals surface area contributed by atoms with Crippen LogP contribution in [-0.4, -0.2) is 75.2 Å². The van der Waals surface area contributed by atoms with Crippen LogP contribution in [0.3, 0.4) is 0 Å². The Bertz CT molecular complexity index is 403. The SMILES string of the molecule is CC(=O)N1CCC2(CCOCC2COCC(=O)N(C)C)CC1. The molecule has 0 N–H and O–H groups in total. The molecule has 6 nitrogen and oxygen atoms in total. The number of rotatable bonds is 4. The van der Waals surface area contributed by atoms with Crippen molar-refractivity contribution < 1.29 is 19.1 Å². The van der Waals surface area contributed by atoms with E-state index < -0.39 is 0 Å². The molecule has 0 bridgehead atoms. The first-order valence-electron chi connectivity index (χ1n) is 8.06. The van der Waals surface area contributed by atoms with Gasteiger partial charge in [0.2, 0.25) is 11.8 Å². The van der Waals surface area contributed by atoms with Gasteiger partial charge < -0.3 is 19.3 Å². The van der Waals surface area contributed by atoms with Gasteiger partial charge in [-0.1, -0.05) is 0 Å². The number of likely N-dealkylation sites (N-methyl/N-ethyl adjacent to an activating group) is 1. The first kappa shape index (κ1) is 17.2. The molecule has 126 valence electrons. The minimum Gasteiger partial charge on any atom is -0.381 e. The van der Waals surface area contributed by atoms with Crippen molar-refractivity contribution in [2.24, 2.45) is 11.3 Å². The molecule has 0 saturated carbocycles. The van der Waals surface area contributed by atoms with Gasteiger partial charge in [-0.15, -0.1) is 0 Å². The first-order chi connectivity index (χ1) is 10.4. The number of piperidine rings is 1. The number of carbonyl (C=O) groups is 2. The minimum atomic E-state index is -0.0165. The van der Waals surface area contributed by atoms with Crippen molar-refractivity contribution in [1.29, 1.82) is 0 Å². The highest BCUT2D eigenvalue weighted by molar-refractivity contribution is 5.76. The Morgan fingerprint density at radius 3 is 2.55 bits per heavy atom. The van der Waals surface area contributed by atoms with E-state index in [0.717, 1.165) is 39.0 Å². The molecule has 1 unspecified atom stereocenters. The fourth-order valence-corrected chi connectivity index (χ4v) is 3.45. The summed E-state index contributed by atoms with van der Waals surface area (Å²) in [6, 6.07) is 0. The number of amides is 2. The lowest BCUT2D eigenvalue weighted by Gasteiger charge is -2.48. The Balaban J connectivity index is 1.88. The second-order valence-electron chi connectivity index (χ2n) is 6.69. The first-order valence-corrected chi connectivity index (χ1v) is 8.06. The summed E-state index contributed by atoms with van der Waals surface area (Å²) >= 11 is 0. The second kappa shape index (κ2) is 7.42. The van der Waals surface area contributed by atoms with E-state index in [1.165, 1.54) is 0 Å². The van der Waals surface area contributed by atoms with E-state index in [1.807, 2.05) is 4.90 Å². The van der Waals surface area contributed by atoms with Crippen LogP contribution in [0.25, 0.3) is 0 Å². The molecule has 2 rings (SSSR count). The van der Waals surface area contributed by atoms with Gasteiger partial charge in [0.1, 0.15) is 6.61 Å². The molecular formula is C16H28N2O4. The maximum Gasteiger partial charge on any atom is 0.248 e. The van der Waals surface area contributed by atoms with Crippen molar-refractivity contribution in [1.82, 2.24) is 9.80 Å². The van der Waals surface area contributed by atoms with E-state index in [9.17, 15) is 9.59 Å². The van der Waals surface area contributed by atoms with Gasteiger partial charge in [-0.2, -0.15) is 0 Å². The molecule has 6 heteroatoms. The summed E-state index contributed by atoms with van der Waals surface area (Å²) in [5, 5.41) is 0. The van der Waals surface area contributed by atoms with Crippen LogP contribution in [0.15, 0.2) is 0 Å². The van der Waals surface area contributed by atoms with Crippen molar-refractivity contribution in [3.05, 3.63) is 0 Å². The number of hydrogen-bond acceptors (Lipinski definition) is 4. The van der Waals surface area contributed by atoms with Gasteiger partial charge in [0.05, 0.1) is 13.2 Å². The Labute approximate surface area is 132 Å². The van der Waals surface area contributed by atoms with E-state index in [4.69, 9.17) is 9.47 Å². The molecule has 0 aliphatic carbocycles. The van der Waals surface area contributed by atoms with Gasteiger partial charge >= 0.3 is 0 Å². The van der Waals surface area contributed by atoms with Crippen LogP contribution >= 0.6 is 0 Å². The molecule has 22 heavy (non-hydrogen) atoms. The lowest BCUT2D eigenvalue weighted by Crippen LogP contribution is -2.50. The highest BCUT2D eigenvalue weighted by atomic mass is 16.5. The predicted octanol–water partition coefficient (Wildman–Crippen LogP) is 0.756. The monoisotopic (exact) mass is 312 g/mol. The van der Waals surface area contributed by atoms with Crippen LogP contribution in [0.4, 0.5) is 0 Å². The van der Waals surface area contributed by atoms with Crippen LogP contribution in [0, 0.1) is 11.3 Å². The Morgan fingerprint density at radius 2 is 1.95 bits per heavy atom. The average Bonchev–Trinajstić information content (AvgIpc) is 2.49. The largest absolute Gasteiger partial charge is 0.381 e. The smallest absolute Gasteiger partial charge is 0.248 e. The van der Waals surface area contributed by atoms with Crippen molar-refractivity contribution >= 4 is 11.8 Å². The summed E-state index contributed by atoms with van der Waals surface area (Å²) in [7, 11) is 3.46. The van der Waals surface area contributed by atoms with E-state index in [1.54, 1.807) is 25.9 Å². The van der Waals surface area contributed by atoms with Crippen molar-refractivity contribution in [3.63, 3.8) is 0 Å². The summed E-state index contributed by atoms with van der Waals surface area (Å²) in [5.41, 5.74) is 0.200. The average molecular weight is 312 g/mol. The zero-order valence-electron chi connectivity index (χ0n) is 14.0. The van der Waals surface area contributed by atoms with Crippen LogP contribution < -0.4 is 0 Å². The minimum absolute atomic E-state index is 0.0165. The number of likely N-dealkylation sites (tertiary alicyclic amines) is 1. The van der Waals surface area contributed by atoms with Crippen LogP contribution in [0.5, 0.6) is 0 Å². The van der Waals surface area contributed by atoms with Gasteiger partial charge in [-0.05, 0) is 24.7 Å². The molecule has 2 heterocycles. The maximum atomic E-state index is 11.6. The van der Waals surface area contributed by atoms with Gasteiger partial charge in [-0.3, -0.25) is 9.59 Å². The van der Waals surface area contributed by atoms with Crippen molar-refractivity contribution in [2.75, 3.05) is 53.6 Å². The third-order valence-corrected chi connectivity index (χ3v) is 5.18. The highest BCUT2D eigenvalue weighted by Gasteiger charge is 2.43. The summed E-state index contributed by atoms with van der Waals surface area (Å²) in [4.78, 5) is 26.6. The summed E-state index contributed by atoms with van der Waals surface area (Å²) in [6.45, 7) is 5.43. The second-order valence-corrected chi connectivity index (χ2v) is 6.69.